The SMILES string of the molecule is N[C-]=O.N[C-]=O.N[C-]=O.N[C-]=O.[Ti+4]. The van der Waals surface area contributed by atoms with Gasteiger partial charge in [0.05, 0.1) is 0 Å². The van der Waals surface area contributed by atoms with Gasteiger partial charge < -0.3 is 42.1 Å². The van der Waals surface area contributed by atoms with Crippen LogP contribution in [0.2, 0.25) is 0 Å². The Morgan fingerprint density at radius 2 is 0.538 bits per heavy atom. The summed E-state index contributed by atoms with van der Waals surface area (Å²) in [5.74, 6) is 0. The maximum atomic E-state index is 8.46. The van der Waals surface area contributed by atoms with E-state index in [1.807, 2.05) is 0 Å². The summed E-state index contributed by atoms with van der Waals surface area (Å²) in [5.41, 5.74) is 16.2. The van der Waals surface area contributed by atoms with Crippen LogP contribution in [0.1, 0.15) is 0 Å². The molecule has 0 aromatic rings. The molecule has 13 heavy (non-hydrogen) atoms. The van der Waals surface area contributed by atoms with Gasteiger partial charge in [-0.05, 0) is 0 Å². The Kier molecular flexibility index (Phi) is 334. The van der Waals surface area contributed by atoms with Crippen LogP contribution in [0.5, 0.6) is 0 Å². The van der Waals surface area contributed by atoms with E-state index in [4.69, 9.17) is 19.2 Å². The fraction of sp³-hybridized carbons (Fsp3) is 0. The molecular formula is C4H8N4O4Ti. The Hall–Kier alpha value is -1.41. The molecule has 0 aliphatic heterocycles. The van der Waals surface area contributed by atoms with E-state index in [9.17, 15) is 0 Å². The van der Waals surface area contributed by atoms with Gasteiger partial charge in [0, 0.05) is 0 Å². The summed E-state index contributed by atoms with van der Waals surface area (Å²) in [6, 6.07) is 0. The van der Waals surface area contributed by atoms with Gasteiger partial charge in [0.15, 0.2) is 0 Å². The van der Waals surface area contributed by atoms with E-state index in [1.54, 1.807) is 0 Å². The number of rotatable bonds is 0. The molecule has 0 rings (SSSR count). The van der Waals surface area contributed by atoms with Crippen molar-refractivity contribution < 1.29 is 40.9 Å². The second-order valence-corrected chi connectivity index (χ2v) is 0.471. The zero-order valence-electron chi connectivity index (χ0n) is 6.44. The van der Waals surface area contributed by atoms with Crippen molar-refractivity contribution in [2.24, 2.45) is 22.9 Å². The molecule has 0 fully saturated rings. The normalized spacial score (nSPS) is 3.69. The molecule has 0 aliphatic carbocycles. The molecule has 4 amide bonds. The van der Waals surface area contributed by atoms with Crippen LogP contribution in [0, 0.1) is 0 Å². The molecule has 9 heteroatoms. The molecule has 8 N–H and O–H groups in total. The smallest absolute Gasteiger partial charge is 0.543 e. The fourth-order valence-corrected chi connectivity index (χ4v) is 0. The Labute approximate surface area is 89.9 Å². The number of hydrogen-bond acceptors (Lipinski definition) is 4. The summed E-state index contributed by atoms with van der Waals surface area (Å²) in [5, 5.41) is 0. The molecule has 0 heterocycles. The summed E-state index contributed by atoms with van der Waals surface area (Å²) < 4.78 is 0. The molecule has 0 aromatic heterocycles. The van der Waals surface area contributed by atoms with Crippen LogP contribution >= 0.6 is 0 Å². The van der Waals surface area contributed by atoms with Crippen LogP contribution in [0.3, 0.4) is 0 Å². The zero-order chi connectivity index (χ0) is 10.8. The molecule has 72 valence electrons. The summed E-state index contributed by atoms with van der Waals surface area (Å²) in [6.07, 6.45) is 4.00. The first-order valence-electron chi connectivity index (χ1n) is 1.97. The van der Waals surface area contributed by atoms with Gasteiger partial charge in [-0.1, -0.05) is 0 Å². The molecule has 0 bridgehead atoms. The first kappa shape index (κ1) is 29.9. The Balaban J connectivity index is -0.0000000213. The minimum absolute atomic E-state index is 0. The van der Waals surface area contributed by atoms with Crippen LogP contribution in [0.15, 0.2) is 0 Å². The maximum absolute atomic E-state index is 8.46. The van der Waals surface area contributed by atoms with Gasteiger partial charge in [-0.25, -0.2) is 0 Å². The van der Waals surface area contributed by atoms with Crippen LogP contribution < -0.4 is 22.9 Å². The molecule has 0 aliphatic rings. The van der Waals surface area contributed by atoms with E-state index < -0.39 is 0 Å². The first-order chi connectivity index (χ1) is 5.66. The predicted octanol–water partition coefficient (Wildman–Crippen LogP) is -3.95. The van der Waals surface area contributed by atoms with Gasteiger partial charge >= 0.3 is 21.7 Å². The third-order valence-electron chi connectivity index (χ3n) is 0. The predicted molar refractivity (Wildman–Crippen MR) is 39.5 cm³/mol. The second-order valence-electron chi connectivity index (χ2n) is 0.471. The second kappa shape index (κ2) is 145. The van der Waals surface area contributed by atoms with Gasteiger partial charge in [0.1, 0.15) is 0 Å². The zero-order valence-corrected chi connectivity index (χ0v) is 8.00. The van der Waals surface area contributed by atoms with Crippen molar-refractivity contribution in [2.45, 2.75) is 0 Å². The molecule has 0 saturated carbocycles. The fourth-order valence-electron chi connectivity index (χ4n) is 0. The van der Waals surface area contributed by atoms with Gasteiger partial charge in [0.25, 0.3) is 0 Å². The van der Waals surface area contributed by atoms with Gasteiger partial charge in [-0.2, -0.15) is 25.6 Å². The maximum Gasteiger partial charge on any atom is 4.00 e. The van der Waals surface area contributed by atoms with Gasteiger partial charge in [-0.3, -0.25) is 0 Å². The van der Waals surface area contributed by atoms with Gasteiger partial charge in [-0.15, -0.1) is 0 Å². The molecule has 0 radical (unpaired) electrons. The van der Waals surface area contributed by atoms with E-state index in [0.29, 0.717) is 0 Å². The molecule has 0 saturated heterocycles. The van der Waals surface area contributed by atoms with E-state index in [1.165, 1.54) is 0 Å². The van der Waals surface area contributed by atoms with Gasteiger partial charge in [0.2, 0.25) is 0 Å². The number of nitrogens with two attached hydrogens (primary N) is 4. The summed E-state index contributed by atoms with van der Waals surface area (Å²) >= 11 is 0. The Morgan fingerprint density at radius 3 is 0.538 bits per heavy atom. The number of amides is 4. The van der Waals surface area contributed by atoms with Crippen molar-refractivity contribution in [3.63, 3.8) is 0 Å². The van der Waals surface area contributed by atoms with Crippen molar-refractivity contribution in [1.29, 1.82) is 0 Å². The van der Waals surface area contributed by atoms with E-state index >= 15 is 0 Å². The topological polar surface area (TPSA) is 172 Å². The quantitative estimate of drug-likeness (QED) is 0.187. The summed E-state index contributed by atoms with van der Waals surface area (Å²) in [7, 11) is 0. The minimum Gasteiger partial charge on any atom is -0.543 e. The standard InChI is InChI=1S/4CH2NO.Ti/c4*2-1-3;/h4*(H2,2,3);/q4*-1;+4. The third-order valence-corrected chi connectivity index (χ3v) is 0. The molecular weight excluding hydrogens is 216 g/mol. The minimum atomic E-state index is 0. The number of primary amides is 4. The van der Waals surface area contributed by atoms with Crippen LogP contribution in [-0.2, 0) is 40.9 Å². The van der Waals surface area contributed by atoms with Crippen molar-refractivity contribution in [3.8, 4) is 0 Å². The average Bonchev–Trinajstić information content (AvgIpc) is 1.92. The Bertz CT molecular complexity index is 78.1. The summed E-state index contributed by atoms with van der Waals surface area (Å²) in [4.78, 5) is 33.8. The van der Waals surface area contributed by atoms with Crippen molar-refractivity contribution in [2.75, 3.05) is 0 Å². The van der Waals surface area contributed by atoms with Crippen molar-refractivity contribution in [3.05, 3.63) is 0 Å². The molecule has 8 nitrogen and oxygen atoms in total. The van der Waals surface area contributed by atoms with Crippen molar-refractivity contribution >= 4 is 25.6 Å². The average molecular weight is 224 g/mol. The first-order valence-corrected chi connectivity index (χ1v) is 1.97. The van der Waals surface area contributed by atoms with Crippen LogP contribution in [-0.4, -0.2) is 25.6 Å². The van der Waals surface area contributed by atoms with E-state index in [-0.39, 0.29) is 21.7 Å². The van der Waals surface area contributed by atoms with E-state index in [2.05, 4.69) is 22.9 Å². The van der Waals surface area contributed by atoms with Crippen LogP contribution in [0.25, 0.3) is 0 Å². The van der Waals surface area contributed by atoms with Crippen molar-refractivity contribution in [1.82, 2.24) is 0 Å². The molecule has 0 aromatic carbocycles. The number of carbonyl (C=O) groups excluding carboxylic acids is 4. The van der Waals surface area contributed by atoms with E-state index in [0.717, 1.165) is 25.6 Å². The Morgan fingerprint density at radius 1 is 0.538 bits per heavy atom. The molecule has 0 unspecified atom stereocenters. The summed E-state index contributed by atoms with van der Waals surface area (Å²) in [6.45, 7) is 0. The third kappa shape index (κ3) is 396. The monoisotopic (exact) mass is 224 g/mol. The molecule has 0 atom stereocenters. The van der Waals surface area contributed by atoms with Crippen LogP contribution in [0.4, 0.5) is 0 Å². The molecule has 0 spiro atoms. The number of hydrogen-bond donors (Lipinski definition) is 4. The largest absolute Gasteiger partial charge is 4.00 e.